The van der Waals surface area contributed by atoms with Gasteiger partial charge in [-0.25, -0.2) is 4.98 Å². The summed E-state index contributed by atoms with van der Waals surface area (Å²) in [6, 6.07) is 16.1. The third-order valence-corrected chi connectivity index (χ3v) is 6.57. The number of benzene rings is 2. The van der Waals surface area contributed by atoms with Crippen LogP contribution in [0.3, 0.4) is 0 Å². The summed E-state index contributed by atoms with van der Waals surface area (Å²) in [6.45, 7) is 1.97. The van der Waals surface area contributed by atoms with E-state index in [0.29, 0.717) is 19.5 Å². The number of carbonyl (C=O) groups excluding carboxylic acids is 1. The monoisotopic (exact) mass is 424 g/mol. The molecule has 0 spiro atoms. The lowest BCUT2D eigenvalue weighted by atomic mass is 10.1. The average molecular weight is 425 g/mol. The van der Waals surface area contributed by atoms with Gasteiger partial charge >= 0.3 is 0 Å². The molecule has 0 bridgehead atoms. The topological polar surface area (TPSA) is 51.7 Å². The molecule has 1 aromatic heterocycles. The van der Waals surface area contributed by atoms with E-state index in [0.717, 1.165) is 54.1 Å². The van der Waals surface area contributed by atoms with Crippen LogP contribution in [0.15, 0.2) is 48.5 Å². The Hall–Kier alpha value is -2.44. The van der Waals surface area contributed by atoms with Crippen molar-refractivity contribution in [2.45, 2.75) is 44.8 Å². The molecule has 6 heteroatoms. The van der Waals surface area contributed by atoms with Crippen LogP contribution in [0.5, 0.6) is 5.75 Å². The summed E-state index contributed by atoms with van der Waals surface area (Å²) in [4.78, 5) is 19.7. The van der Waals surface area contributed by atoms with Crippen molar-refractivity contribution < 1.29 is 14.3 Å². The normalized spacial score (nSPS) is 16.1. The second-order valence-corrected chi connectivity index (χ2v) is 8.77. The Morgan fingerprint density at radius 3 is 2.87 bits per heavy atom. The lowest BCUT2D eigenvalue weighted by molar-refractivity contribution is -0.133. The van der Waals surface area contributed by atoms with Gasteiger partial charge in [0.05, 0.1) is 28.4 Å². The van der Waals surface area contributed by atoms with E-state index in [-0.39, 0.29) is 12.0 Å². The predicted molar refractivity (Wildman–Crippen MR) is 120 cm³/mol. The first-order valence-electron chi connectivity index (χ1n) is 10.6. The van der Waals surface area contributed by atoms with E-state index >= 15 is 0 Å². The van der Waals surface area contributed by atoms with Crippen LogP contribution in [0, 0.1) is 0 Å². The summed E-state index contributed by atoms with van der Waals surface area (Å²) in [5, 5.41) is 1.10. The maximum Gasteiger partial charge on any atom is 0.222 e. The molecule has 1 aliphatic rings. The fourth-order valence-corrected chi connectivity index (χ4v) is 4.91. The van der Waals surface area contributed by atoms with Crippen LogP contribution >= 0.6 is 11.3 Å². The number of thiazole rings is 1. The maximum atomic E-state index is 13.1. The maximum absolute atomic E-state index is 13.1. The molecule has 1 atom stereocenters. The van der Waals surface area contributed by atoms with Crippen LogP contribution < -0.4 is 4.74 Å². The molecule has 1 aliphatic heterocycles. The average Bonchev–Trinajstić information content (AvgIpc) is 3.42. The lowest BCUT2D eigenvalue weighted by Crippen LogP contribution is -2.37. The minimum Gasteiger partial charge on any atom is -0.496 e. The zero-order valence-corrected chi connectivity index (χ0v) is 18.2. The smallest absolute Gasteiger partial charge is 0.222 e. The summed E-state index contributed by atoms with van der Waals surface area (Å²) in [6.07, 6.45) is 4.35. The first kappa shape index (κ1) is 20.8. The van der Waals surface area contributed by atoms with Crippen LogP contribution in [0.1, 0.15) is 36.3 Å². The van der Waals surface area contributed by atoms with Gasteiger partial charge in [-0.3, -0.25) is 4.79 Å². The zero-order valence-electron chi connectivity index (χ0n) is 17.4. The number of nitrogens with zero attached hydrogens (tertiary/aromatic N) is 2. The molecule has 1 fully saturated rings. The molecule has 1 saturated heterocycles. The van der Waals surface area contributed by atoms with E-state index in [1.807, 2.05) is 47.4 Å². The number of fused-ring (bicyclic) bond motifs is 1. The molecule has 0 radical (unpaired) electrons. The van der Waals surface area contributed by atoms with Crippen molar-refractivity contribution >= 4 is 27.5 Å². The molecule has 0 saturated carbocycles. The quantitative estimate of drug-likeness (QED) is 0.493. The fraction of sp³-hybridized carbons (Fsp3) is 0.417. The summed E-state index contributed by atoms with van der Waals surface area (Å²) in [5.41, 5.74) is 2.07. The second kappa shape index (κ2) is 10.0. The molecule has 30 heavy (non-hydrogen) atoms. The van der Waals surface area contributed by atoms with Crippen LogP contribution in [0.25, 0.3) is 10.2 Å². The van der Waals surface area contributed by atoms with Gasteiger partial charge in [-0.2, -0.15) is 0 Å². The van der Waals surface area contributed by atoms with Crippen LogP contribution in [-0.4, -0.2) is 42.2 Å². The Morgan fingerprint density at radius 1 is 1.23 bits per heavy atom. The molecular formula is C24H28N2O3S. The largest absolute Gasteiger partial charge is 0.496 e. The van der Waals surface area contributed by atoms with Crippen molar-refractivity contribution in [3.05, 3.63) is 59.1 Å². The lowest BCUT2D eigenvalue weighted by Gasteiger charge is -2.26. The highest BCUT2D eigenvalue weighted by atomic mass is 32.1. The van der Waals surface area contributed by atoms with Gasteiger partial charge in [0, 0.05) is 31.7 Å². The molecule has 2 aromatic carbocycles. The highest BCUT2D eigenvalue weighted by Crippen LogP contribution is 2.24. The molecule has 1 amide bonds. The predicted octanol–water partition coefficient (Wildman–Crippen LogP) is 4.84. The number of aryl methyl sites for hydroxylation is 1. The molecular weight excluding hydrogens is 396 g/mol. The van der Waals surface area contributed by atoms with E-state index in [1.54, 1.807) is 18.4 Å². The highest BCUT2D eigenvalue weighted by Gasteiger charge is 2.23. The number of hydrogen-bond acceptors (Lipinski definition) is 5. The number of rotatable bonds is 9. The number of aromatic nitrogens is 1. The third-order valence-electron chi connectivity index (χ3n) is 5.47. The zero-order chi connectivity index (χ0) is 20.8. The molecule has 4 rings (SSSR count). The van der Waals surface area contributed by atoms with E-state index in [9.17, 15) is 4.79 Å². The van der Waals surface area contributed by atoms with Gasteiger partial charge in [0.25, 0.3) is 0 Å². The summed E-state index contributed by atoms with van der Waals surface area (Å²) in [7, 11) is 1.67. The standard InChI is InChI=1S/C24H28N2O3S/c1-28-21-11-4-2-8-18(21)16-26(17-19-9-7-15-29-19)24(27)14-6-13-23-25-20-10-3-5-12-22(20)30-23/h2-5,8,10-12,19H,6-7,9,13-17H2,1H3. The van der Waals surface area contributed by atoms with E-state index in [1.165, 1.54) is 4.70 Å². The molecule has 5 nitrogen and oxygen atoms in total. The summed E-state index contributed by atoms with van der Waals surface area (Å²) >= 11 is 1.72. The van der Waals surface area contributed by atoms with Gasteiger partial charge in [-0.05, 0) is 43.9 Å². The minimum absolute atomic E-state index is 0.132. The number of carbonyl (C=O) groups is 1. The van der Waals surface area contributed by atoms with Crippen molar-refractivity contribution in [3.8, 4) is 5.75 Å². The molecule has 2 heterocycles. The third kappa shape index (κ3) is 5.18. The van der Waals surface area contributed by atoms with Crippen molar-refractivity contribution in [1.29, 1.82) is 0 Å². The van der Waals surface area contributed by atoms with E-state index < -0.39 is 0 Å². The summed E-state index contributed by atoms with van der Waals surface area (Å²) < 4.78 is 12.5. The molecule has 0 aliphatic carbocycles. The van der Waals surface area contributed by atoms with Crippen LogP contribution in [0.2, 0.25) is 0 Å². The Bertz CT molecular complexity index is 948. The van der Waals surface area contributed by atoms with Crippen molar-refractivity contribution in [2.24, 2.45) is 0 Å². The van der Waals surface area contributed by atoms with Gasteiger partial charge < -0.3 is 14.4 Å². The number of amides is 1. The van der Waals surface area contributed by atoms with Gasteiger partial charge in [0.2, 0.25) is 5.91 Å². The van der Waals surface area contributed by atoms with Gasteiger partial charge in [-0.15, -0.1) is 11.3 Å². The second-order valence-electron chi connectivity index (χ2n) is 7.65. The Morgan fingerprint density at radius 2 is 2.07 bits per heavy atom. The van der Waals surface area contributed by atoms with E-state index in [4.69, 9.17) is 9.47 Å². The van der Waals surface area contributed by atoms with E-state index in [2.05, 4.69) is 11.1 Å². The van der Waals surface area contributed by atoms with Crippen molar-refractivity contribution in [1.82, 2.24) is 9.88 Å². The Balaban J connectivity index is 1.39. The number of hydrogen-bond donors (Lipinski definition) is 0. The molecule has 3 aromatic rings. The number of para-hydroxylation sites is 2. The van der Waals surface area contributed by atoms with Gasteiger partial charge in [0.1, 0.15) is 5.75 Å². The van der Waals surface area contributed by atoms with Crippen LogP contribution in [0.4, 0.5) is 0 Å². The number of ether oxygens (including phenoxy) is 2. The number of methoxy groups -OCH3 is 1. The summed E-state index contributed by atoms with van der Waals surface area (Å²) in [5.74, 6) is 0.981. The molecule has 0 N–H and O–H groups in total. The first-order chi connectivity index (χ1) is 14.7. The van der Waals surface area contributed by atoms with Gasteiger partial charge in [-0.1, -0.05) is 30.3 Å². The van der Waals surface area contributed by atoms with Gasteiger partial charge in [0.15, 0.2) is 0 Å². The van der Waals surface area contributed by atoms with Crippen molar-refractivity contribution in [3.63, 3.8) is 0 Å². The van der Waals surface area contributed by atoms with Crippen LogP contribution in [-0.2, 0) is 22.5 Å². The Labute approximate surface area is 181 Å². The van der Waals surface area contributed by atoms with Crippen molar-refractivity contribution in [2.75, 3.05) is 20.3 Å². The molecule has 158 valence electrons. The Kier molecular flexibility index (Phi) is 6.97. The highest BCUT2D eigenvalue weighted by molar-refractivity contribution is 7.18. The fourth-order valence-electron chi connectivity index (χ4n) is 3.90. The first-order valence-corrected chi connectivity index (χ1v) is 11.4. The molecule has 1 unspecified atom stereocenters. The SMILES string of the molecule is COc1ccccc1CN(CC1CCCO1)C(=O)CCCc1nc2ccccc2s1. The minimum atomic E-state index is 0.132.